The lowest BCUT2D eigenvalue weighted by Gasteiger charge is -2.17. The van der Waals surface area contributed by atoms with Crippen molar-refractivity contribution >= 4 is 18.1 Å². The van der Waals surface area contributed by atoms with Gasteiger partial charge in [0.1, 0.15) is 5.56 Å². The fraction of sp³-hybridized carbons (Fsp3) is 0.385. The van der Waals surface area contributed by atoms with Crippen molar-refractivity contribution in [3.63, 3.8) is 0 Å². The molecule has 0 unspecified atom stereocenters. The normalized spacial score (nSPS) is 16.4. The van der Waals surface area contributed by atoms with E-state index in [1.165, 1.54) is 6.07 Å². The number of nitro groups is 1. The highest BCUT2D eigenvalue weighted by Gasteiger charge is 2.36. The minimum absolute atomic E-state index is 0. The van der Waals surface area contributed by atoms with Crippen LogP contribution in [0, 0.1) is 10.1 Å². The van der Waals surface area contributed by atoms with Gasteiger partial charge < -0.3 is 10.3 Å². The van der Waals surface area contributed by atoms with Gasteiger partial charge in [-0.3, -0.25) is 10.1 Å². The van der Waals surface area contributed by atoms with Crippen molar-refractivity contribution in [1.82, 2.24) is 10.1 Å². The van der Waals surface area contributed by atoms with Crippen LogP contribution < -0.4 is 5.73 Å². The molecule has 21 heavy (non-hydrogen) atoms. The number of aromatic nitrogens is 2. The van der Waals surface area contributed by atoms with Gasteiger partial charge in [-0.15, -0.1) is 12.4 Å². The summed E-state index contributed by atoms with van der Waals surface area (Å²) in [6.07, 6.45) is 3.68. The summed E-state index contributed by atoms with van der Waals surface area (Å²) in [6, 6.07) is 6.29. The number of hydrogen-bond acceptors (Lipinski definition) is 6. The lowest BCUT2D eigenvalue weighted by molar-refractivity contribution is -0.384. The molecule has 3 rings (SSSR count). The first-order chi connectivity index (χ1) is 9.60. The quantitative estimate of drug-likeness (QED) is 0.689. The average Bonchev–Trinajstić information content (AvgIpc) is 3.08. The molecular weight excluding hydrogens is 296 g/mol. The maximum atomic E-state index is 11.0. The zero-order valence-electron chi connectivity index (χ0n) is 11.2. The van der Waals surface area contributed by atoms with Crippen LogP contribution in [-0.4, -0.2) is 15.1 Å². The highest BCUT2D eigenvalue weighted by atomic mass is 35.5. The van der Waals surface area contributed by atoms with Gasteiger partial charge in [0.25, 0.3) is 11.6 Å². The second-order valence-corrected chi connectivity index (χ2v) is 5.06. The van der Waals surface area contributed by atoms with Crippen LogP contribution >= 0.6 is 12.4 Å². The monoisotopic (exact) mass is 310 g/mol. The molecule has 2 N–H and O–H groups in total. The average molecular weight is 311 g/mol. The Morgan fingerprint density at radius 1 is 1.29 bits per heavy atom. The number of nitro benzene ring substituents is 1. The van der Waals surface area contributed by atoms with E-state index in [1.54, 1.807) is 18.2 Å². The van der Waals surface area contributed by atoms with Gasteiger partial charge in [0.05, 0.1) is 10.5 Å². The molecule has 0 bridgehead atoms. The zero-order chi connectivity index (χ0) is 14.2. The van der Waals surface area contributed by atoms with E-state index in [2.05, 4.69) is 10.1 Å². The minimum Gasteiger partial charge on any atom is -0.334 e. The molecule has 1 aliphatic carbocycles. The molecule has 0 amide bonds. The van der Waals surface area contributed by atoms with Crippen LogP contribution in [-0.2, 0) is 5.54 Å². The van der Waals surface area contributed by atoms with Crippen molar-refractivity contribution < 1.29 is 9.45 Å². The fourth-order valence-electron chi connectivity index (χ4n) is 2.58. The number of para-hydroxylation sites is 1. The molecule has 1 aromatic carbocycles. The Morgan fingerprint density at radius 2 is 1.95 bits per heavy atom. The van der Waals surface area contributed by atoms with Gasteiger partial charge in [0.2, 0.25) is 0 Å². The summed E-state index contributed by atoms with van der Waals surface area (Å²) in [5.41, 5.74) is 5.95. The summed E-state index contributed by atoms with van der Waals surface area (Å²) >= 11 is 0. The molecule has 1 aromatic heterocycles. The van der Waals surface area contributed by atoms with Crippen molar-refractivity contribution in [3.8, 4) is 11.5 Å². The first-order valence-corrected chi connectivity index (χ1v) is 6.47. The van der Waals surface area contributed by atoms with Gasteiger partial charge in [0.15, 0.2) is 5.82 Å². The standard InChI is InChI=1S/C13H14N4O3.ClH/c14-13(7-3-4-8-13)12-15-11(20-16-12)9-5-1-2-6-10(9)17(18)19;/h1-2,5-6H,3-4,7-8,14H2;1H. The van der Waals surface area contributed by atoms with E-state index in [4.69, 9.17) is 10.3 Å². The predicted octanol–water partition coefficient (Wildman–Crippen LogP) is 2.79. The lowest BCUT2D eigenvalue weighted by Crippen LogP contribution is -2.34. The van der Waals surface area contributed by atoms with Crippen LogP contribution in [0.4, 0.5) is 5.69 Å². The zero-order valence-corrected chi connectivity index (χ0v) is 12.0. The van der Waals surface area contributed by atoms with E-state index < -0.39 is 10.5 Å². The van der Waals surface area contributed by atoms with E-state index >= 15 is 0 Å². The largest absolute Gasteiger partial charge is 0.334 e. The molecule has 2 aromatic rings. The molecule has 1 saturated carbocycles. The Bertz CT molecular complexity index is 652. The van der Waals surface area contributed by atoms with Gasteiger partial charge in [0, 0.05) is 6.07 Å². The number of hydrogen-bond donors (Lipinski definition) is 1. The first kappa shape index (κ1) is 15.4. The van der Waals surface area contributed by atoms with E-state index in [0.717, 1.165) is 25.7 Å². The summed E-state index contributed by atoms with van der Waals surface area (Å²) in [5, 5.41) is 14.9. The summed E-state index contributed by atoms with van der Waals surface area (Å²) in [4.78, 5) is 14.8. The molecule has 0 aliphatic heterocycles. The SMILES string of the molecule is Cl.NC1(c2noc(-c3ccccc3[N+](=O)[O-])n2)CCCC1. The maximum Gasteiger partial charge on any atom is 0.282 e. The third kappa shape index (κ3) is 2.74. The summed E-state index contributed by atoms with van der Waals surface area (Å²) in [7, 11) is 0. The second-order valence-electron chi connectivity index (χ2n) is 5.06. The molecule has 112 valence electrons. The molecule has 1 fully saturated rings. The molecule has 8 heteroatoms. The van der Waals surface area contributed by atoms with Crippen molar-refractivity contribution in [1.29, 1.82) is 0 Å². The third-order valence-corrected chi connectivity index (χ3v) is 3.70. The summed E-state index contributed by atoms with van der Waals surface area (Å²) in [6.45, 7) is 0. The van der Waals surface area contributed by atoms with Crippen LogP contribution in [0.3, 0.4) is 0 Å². The molecule has 7 nitrogen and oxygen atoms in total. The van der Waals surface area contributed by atoms with Crippen LogP contribution in [0.1, 0.15) is 31.5 Å². The Labute approximate surface area is 127 Å². The van der Waals surface area contributed by atoms with Crippen molar-refractivity contribution in [2.45, 2.75) is 31.2 Å². The number of rotatable bonds is 3. The molecule has 0 spiro atoms. The first-order valence-electron chi connectivity index (χ1n) is 6.47. The number of nitrogens with two attached hydrogens (primary N) is 1. The van der Waals surface area contributed by atoms with Crippen molar-refractivity contribution in [3.05, 3.63) is 40.2 Å². The molecule has 0 radical (unpaired) electrons. The van der Waals surface area contributed by atoms with Gasteiger partial charge in [-0.1, -0.05) is 30.1 Å². The highest BCUT2D eigenvalue weighted by molar-refractivity contribution is 5.85. The van der Waals surface area contributed by atoms with E-state index in [-0.39, 0.29) is 24.0 Å². The van der Waals surface area contributed by atoms with Gasteiger partial charge in [-0.2, -0.15) is 4.98 Å². The molecule has 0 atom stereocenters. The van der Waals surface area contributed by atoms with Gasteiger partial charge in [-0.05, 0) is 18.9 Å². The van der Waals surface area contributed by atoms with Crippen molar-refractivity contribution in [2.24, 2.45) is 5.73 Å². The molecular formula is C13H15ClN4O3. The van der Waals surface area contributed by atoms with Gasteiger partial charge in [-0.25, -0.2) is 0 Å². The summed E-state index contributed by atoms with van der Waals surface area (Å²) in [5.74, 6) is 0.576. The Morgan fingerprint density at radius 3 is 2.62 bits per heavy atom. The molecule has 1 heterocycles. The van der Waals surface area contributed by atoms with Crippen molar-refractivity contribution in [2.75, 3.05) is 0 Å². The van der Waals surface area contributed by atoms with E-state index in [9.17, 15) is 10.1 Å². The smallest absolute Gasteiger partial charge is 0.282 e. The Kier molecular flexibility index (Phi) is 4.24. The fourth-order valence-corrected chi connectivity index (χ4v) is 2.58. The van der Waals surface area contributed by atoms with E-state index in [1.807, 2.05) is 0 Å². The minimum atomic E-state index is -0.564. The molecule has 0 saturated heterocycles. The van der Waals surface area contributed by atoms with Crippen LogP contribution in [0.2, 0.25) is 0 Å². The van der Waals surface area contributed by atoms with Crippen LogP contribution in [0.15, 0.2) is 28.8 Å². The summed E-state index contributed by atoms with van der Waals surface area (Å²) < 4.78 is 5.17. The predicted molar refractivity (Wildman–Crippen MR) is 78.0 cm³/mol. The second kappa shape index (κ2) is 5.79. The third-order valence-electron chi connectivity index (χ3n) is 3.70. The van der Waals surface area contributed by atoms with Crippen LogP contribution in [0.5, 0.6) is 0 Å². The Hall–Kier alpha value is -1.99. The topological polar surface area (TPSA) is 108 Å². The highest BCUT2D eigenvalue weighted by Crippen LogP contribution is 2.36. The lowest BCUT2D eigenvalue weighted by atomic mass is 9.98. The van der Waals surface area contributed by atoms with E-state index in [0.29, 0.717) is 11.4 Å². The Balaban J connectivity index is 0.00000161. The maximum absolute atomic E-state index is 11.0. The number of nitrogens with zero attached hydrogens (tertiary/aromatic N) is 3. The number of halogens is 1. The molecule has 1 aliphatic rings. The van der Waals surface area contributed by atoms with Gasteiger partial charge >= 0.3 is 0 Å². The van der Waals surface area contributed by atoms with Crippen LogP contribution in [0.25, 0.3) is 11.5 Å². The number of benzene rings is 1.